The molecule has 0 atom stereocenters. The number of nitrogen functional groups attached to an aromatic ring is 1. The second-order valence-electron chi connectivity index (χ2n) is 3.09. The van der Waals surface area contributed by atoms with E-state index in [1.54, 1.807) is 0 Å². The molecule has 0 saturated carbocycles. The molecule has 0 aliphatic rings. The Labute approximate surface area is 86.5 Å². The van der Waals surface area contributed by atoms with E-state index in [4.69, 9.17) is 11.0 Å². The van der Waals surface area contributed by atoms with Crippen molar-refractivity contribution in [2.24, 2.45) is 0 Å². The molecule has 0 saturated heterocycles. The van der Waals surface area contributed by atoms with Crippen LogP contribution in [0.25, 0.3) is 0 Å². The first-order chi connectivity index (χ1) is 6.00. The zero-order valence-corrected chi connectivity index (χ0v) is 9.49. The molecule has 68 valence electrons. The molecule has 0 heterocycles. The van der Waals surface area contributed by atoms with Crippen LogP contribution < -0.4 is 5.73 Å². The van der Waals surface area contributed by atoms with Gasteiger partial charge in [-0.05, 0) is 37.5 Å². The molecule has 13 heavy (non-hydrogen) atoms. The predicted molar refractivity (Wildman–Crippen MR) is 57.5 cm³/mol. The summed E-state index contributed by atoms with van der Waals surface area (Å²) < 4.78 is 0.982. The van der Waals surface area contributed by atoms with Gasteiger partial charge in [0.2, 0.25) is 0 Å². The molecule has 0 unspecified atom stereocenters. The lowest BCUT2D eigenvalue weighted by Crippen LogP contribution is -2.00. The molecule has 3 heteroatoms. The summed E-state index contributed by atoms with van der Waals surface area (Å²) in [6, 6.07) is 2.12. The van der Waals surface area contributed by atoms with Gasteiger partial charge in [0, 0.05) is 4.47 Å². The number of hydrogen-bond acceptors (Lipinski definition) is 2. The Balaban J connectivity index is 3.69. The van der Waals surface area contributed by atoms with Crippen molar-refractivity contribution in [3.63, 3.8) is 0 Å². The SMILES string of the molecule is Cc1c(C)c(Br)c(C)c(C#N)c1N. The maximum atomic E-state index is 8.89. The van der Waals surface area contributed by atoms with E-state index in [9.17, 15) is 0 Å². The van der Waals surface area contributed by atoms with Crippen LogP contribution in [0.4, 0.5) is 5.69 Å². The van der Waals surface area contributed by atoms with Crippen LogP contribution in [0.5, 0.6) is 0 Å². The molecule has 0 amide bonds. The van der Waals surface area contributed by atoms with Gasteiger partial charge in [-0.3, -0.25) is 0 Å². The predicted octanol–water partition coefficient (Wildman–Crippen LogP) is 2.83. The summed E-state index contributed by atoms with van der Waals surface area (Å²) in [5, 5.41) is 8.89. The van der Waals surface area contributed by atoms with Crippen molar-refractivity contribution in [3.05, 3.63) is 26.7 Å². The highest BCUT2D eigenvalue weighted by atomic mass is 79.9. The number of rotatable bonds is 0. The Bertz CT molecular complexity index is 373. The normalized spacial score (nSPS) is 9.77. The third-order valence-corrected chi connectivity index (χ3v) is 3.57. The van der Waals surface area contributed by atoms with E-state index in [1.807, 2.05) is 20.8 Å². The zero-order valence-electron chi connectivity index (χ0n) is 7.90. The Morgan fingerprint density at radius 3 is 2.15 bits per heavy atom. The topological polar surface area (TPSA) is 49.8 Å². The Hall–Kier alpha value is -1.01. The maximum Gasteiger partial charge on any atom is 0.102 e. The first-order valence-corrected chi connectivity index (χ1v) is 4.74. The highest BCUT2D eigenvalue weighted by molar-refractivity contribution is 9.10. The second-order valence-corrected chi connectivity index (χ2v) is 3.88. The van der Waals surface area contributed by atoms with Crippen molar-refractivity contribution >= 4 is 21.6 Å². The third-order valence-electron chi connectivity index (χ3n) is 2.38. The molecule has 0 aromatic heterocycles. The minimum Gasteiger partial charge on any atom is -0.397 e. The molecule has 1 rings (SSSR count). The number of benzene rings is 1. The van der Waals surface area contributed by atoms with Gasteiger partial charge in [0.15, 0.2) is 0 Å². The number of nitrogens with zero attached hydrogens (tertiary/aromatic N) is 1. The van der Waals surface area contributed by atoms with Crippen LogP contribution in [0.1, 0.15) is 22.3 Å². The third kappa shape index (κ3) is 1.42. The molecule has 0 radical (unpaired) electrons. The maximum absolute atomic E-state index is 8.89. The van der Waals surface area contributed by atoms with Gasteiger partial charge in [-0.15, -0.1) is 0 Å². The van der Waals surface area contributed by atoms with Crippen molar-refractivity contribution in [3.8, 4) is 6.07 Å². The lowest BCUT2D eigenvalue weighted by Gasteiger charge is -2.12. The van der Waals surface area contributed by atoms with Crippen molar-refractivity contribution < 1.29 is 0 Å². The van der Waals surface area contributed by atoms with Crippen molar-refractivity contribution in [1.82, 2.24) is 0 Å². The lowest BCUT2D eigenvalue weighted by molar-refractivity contribution is 1.25. The molecule has 1 aromatic carbocycles. The standard InChI is InChI=1S/C10H11BrN2/c1-5-6(2)10(13)8(4-12)7(3)9(5)11/h13H2,1-3H3. The summed E-state index contributed by atoms with van der Waals surface area (Å²) in [5.41, 5.74) is 10.0. The molecule has 0 aliphatic heterocycles. The quantitative estimate of drug-likeness (QED) is 0.707. The van der Waals surface area contributed by atoms with Crippen LogP contribution in [0, 0.1) is 32.1 Å². The zero-order chi connectivity index (χ0) is 10.2. The summed E-state index contributed by atoms with van der Waals surface area (Å²) in [7, 11) is 0. The summed E-state index contributed by atoms with van der Waals surface area (Å²) in [6.45, 7) is 5.81. The van der Waals surface area contributed by atoms with Crippen LogP contribution in [-0.4, -0.2) is 0 Å². The van der Waals surface area contributed by atoms with E-state index in [2.05, 4.69) is 22.0 Å². The molecule has 2 N–H and O–H groups in total. The number of anilines is 1. The van der Waals surface area contributed by atoms with Gasteiger partial charge in [0.05, 0.1) is 11.3 Å². The van der Waals surface area contributed by atoms with E-state index in [1.165, 1.54) is 0 Å². The molecular formula is C10H11BrN2. The molecule has 1 aromatic rings. The highest BCUT2D eigenvalue weighted by Crippen LogP contribution is 2.31. The smallest absolute Gasteiger partial charge is 0.102 e. The summed E-state index contributed by atoms with van der Waals surface area (Å²) in [5.74, 6) is 0. The van der Waals surface area contributed by atoms with Crippen molar-refractivity contribution in [2.45, 2.75) is 20.8 Å². The average Bonchev–Trinajstić information content (AvgIpc) is 2.13. The lowest BCUT2D eigenvalue weighted by atomic mass is 9.99. The fraction of sp³-hybridized carbons (Fsp3) is 0.300. The van der Waals surface area contributed by atoms with Gasteiger partial charge in [0.1, 0.15) is 6.07 Å². The van der Waals surface area contributed by atoms with Crippen molar-refractivity contribution in [1.29, 1.82) is 5.26 Å². The summed E-state index contributed by atoms with van der Waals surface area (Å²) >= 11 is 3.45. The van der Waals surface area contributed by atoms with E-state index in [0.29, 0.717) is 11.3 Å². The van der Waals surface area contributed by atoms with Crippen LogP contribution in [0.3, 0.4) is 0 Å². The number of hydrogen-bond donors (Lipinski definition) is 1. The molecule has 0 aliphatic carbocycles. The molecular weight excluding hydrogens is 228 g/mol. The molecule has 0 fully saturated rings. The molecule has 0 bridgehead atoms. The van der Waals surface area contributed by atoms with Gasteiger partial charge in [-0.1, -0.05) is 15.9 Å². The van der Waals surface area contributed by atoms with Gasteiger partial charge in [-0.2, -0.15) is 5.26 Å². The highest BCUT2D eigenvalue weighted by Gasteiger charge is 2.12. The van der Waals surface area contributed by atoms with E-state index >= 15 is 0 Å². The van der Waals surface area contributed by atoms with E-state index in [0.717, 1.165) is 21.2 Å². The summed E-state index contributed by atoms with van der Waals surface area (Å²) in [4.78, 5) is 0. The van der Waals surface area contributed by atoms with Crippen LogP contribution in [0.2, 0.25) is 0 Å². The fourth-order valence-electron chi connectivity index (χ4n) is 1.29. The van der Waals surface area contributed by atoms with Crippen LogP contribution in [0.15, 0.2) is 4.47 Å². The fourth-order valence-corrected chi connectivity index (χ4v) is 1.79. The Morgan fingerprint density at radius 1 is 1.15 bits per heavy atom. The van der Waals surface area contributed by atoms with Crippen molar-refractivity contribution in [2.75, 3.05) is 5.73 Å². The minimum absolute atomic E-state index is 0.579. The first kappa shape index (κ1) is 10.1. The second kappa shape index (κ2) is 3.39. The minimum atomic E-state index is 0.579. The Kier molecular flexibility index (Phi) is 2.63. The van der Waals surface area contributed by atoms with Gasteiger partial charge >= 0.3 is 0 Å². The van der Waals surface area contributed by atoms with Gasteiger partial charge in [-0.25, -0.2) is 0 Å². The summed E-state index contributed by atoms with van der Waals surface area (Å²) in [6.07, 6.45) is 0. The van der Waals surface area contributed by atoms with Crippen LogP contribution >= 0.6 is 15.9 Å². The number of halogens is 1. The largest absolute Gasteiger partial charge is 0.397 e. The first-order valence-electron chi connectivity index (χ1n) is 3.95. The van der Waals surface area contributed by atoms with E-state index < -0.39 is 0 Å². The van der Waals surface area contributed by atoms with Gasteiger partial charge in [0.25, 0.3) is 0 Å². The Morgan fingerprint density at radius 2 is 1.69 bits per heavy atom. The number of nitrogens with two attached hydrogens (primary N) is 1. The monoisotopic (exact) mass is 238 g/mol. The van der Waals surface area contributed by atoms with Crippen LogP contribution in [-0.2, 0) is 0 Å². The number of nitriles is 1. The molecule has 2 nitrogen and oxygen atoms in total. The molecule has 0 spiro atoms. The average molecular weight is 239 g/mol. The van der Waals surface area contributed by atoms with Gasteiger partial charge < -0.3 is 5.73 Å². The van der Waals surface area contributed by atoms with E-state index in [-0.39, 0.29) is 0 Å².